The number of aryl methyl sites for hydroxylation is 1. The predicted molar refractivity (Wildman–Crippen MR) is 109 cm³/mol. The largest absolute Gasteiger partial charge is 0.497 e. The summed E-state index contributed by atoms with van der Waals surface area (Å²) < 4.78 is 15.7. The number of nitrogens with zero attached hydrogens (tertiary/aromatic N) is 2. The molecule has 6 heteroatoms. The van der Waals surface area contributed by atoms with Crippen LogP contribution >= 0.6 is 0 Å². The van der Waals surface area contributed by atoms with Crippen LogP contribution in [0.2, 0.25) is 0 Å². The van der Waals surface area contributed by atoms with Crippen LogP contribution in [-0.4, -0.2) is 36.2 Å². The van der Waals surface area contributed by atoms with E-state index >= 15 is 0 Å². The lowest BCUT2D eigenvalue weighted by Gasteiger charge is -2.43. The van der Waals surface area contributed by atoms with Crippen LogP contribution in [0, 0.1) is 5.92 Å². The molecule has 2 heterocycles. The average Bonchev–Trinajstić information content (AvgIpc) is 3.25. The lowest BCUT2D eigenvalue weighted by atomic mass is 9.78. The van der Waals surface area contributed by atoms with E-state index in [-0.39, 0.29) is 11.9 Å². The van der Waals surface area contributed by atoms with Gasteiger partial charge in [0, 0.05) is 31.5 Å². The number of benzene rings is 1. The van der Waals surface area contributed by atoms with E-state index in [0.29, 0.717) is 36.9 Å². The summed E-state index contributed by atoms with van der Waals surface area (Å²) in [5, 5.41) is 3.83. The molecule has 0 bridgehead atoms. The minimum Gasteiger partial charge on any atom is -0.497 e. The second-order valence-corrected chi connectivity index (χ2v) is 8.16. The Morgan fingerprint density at radius 1 is 1.14 bits per heavy atom. The van der Waals surface area contributed by atoms with E-state index in [2.05, 4.69) is 22.2 Å². The van der Waals surface area contributed by atoms with Crippen LogP contribution < -0.4 is 9.47 Å². The van der Waals surface area contributed by atoms with Crippen molar-refractivity contribution in [2.75, 3.05) is 14.2 Å². The molecule has 6 nitrogen and oxygen atoms in total. The first-order valence-corrected chi connectivity index (χ1v) is 10.6. The lowest BCUT2D eigenvalue weighted by Crippen LogP contribution is -2.48. The molecular weight excluding hydrogens is 368 g/mol. The Balaban J connectivity index is 1.52. The number of methoxy groups -OCH3 is 2. The van der Waals surface area contributed by atoms with E-state index in [4.69, 9.17) is 14.0 Å². The van der Waals surface area contributed by atoms with Crippen molar-refractivity contribution < 1.29 is 18.8 Å². The van der Waals surface area contributed by atoms with E-state index < -0.39 is 0 Å². The fourth-order valence-electron chi connectivity index (χ4n) is 4.81. The molecule has 2 aliphatic rings. The smallest absolute Gasteiger partial charge is 0.254 e. The van der Waals surface area contributed by atoms with Gasteiger partial charge in [-0.05, 0) is 53.6 Å². The lowest BCUT2D eigenvalue weighted by molar-refractivity contribution is -0.136. The molecule has 0 N–H and O–H groups in total. The molecule has 1 aromatic heterocycles. The molecule has 1 amide bonds. The van der Waals surface area contributed by atoms with Gasteiger partial charge in [-0.2, -0.15) is 0 Å². The van der Waals surface area contributed by atoms with Crippen molar-refractivity contribution in [2.24, 2.45) is 5.92 Å². The average molecular weight is 399 g/mol. The summed E-state index contributed by atoms with van der Waals surface area (Å²) >= 11 is 0. The van der Waals surface area contributed by atoms with Crippen LogP contribution in [0.1, 0.15) is 55.4 Å². The molecular formula is C23H30N2O4. The molecule has 1 aliphatic carbocycles. The summed E-state index contributed by atoms with van der Waals surface area (Å²) in [4.78, 5) is 15.4. The first-order valence-electron chi connectivity index (χ1n) is 10.6. The van der Waals surface area contributed by atoms with Crippen molar-refractivity contribution in [1.29, 1.82) is 0 Å². The molecule has 1 aliphatic heterocycles. The Morgan fingerprint density at radius 3 is 2.69 bits per heavy atom. The summed E-state index contributed by atoms with van der Waals surface area (Å²) in [5.74, 6) is 2.76. The van der Waals surface area contributed by atoms with E-state index in [9.17, 15) is 4.79 Å². The third kappa shape index (κ3) is 4.41. The van der Waals surface area contributed by atoms with Gasteiger partial charge in [-0.3, -0.25) is 4.79 Å². The van der Waals surface area contributed by atoms with Gasteiger partial charge in [0.15, 0.2) is 0 Å². The second kappa shape index (κ2) is 8.89. The van der Waals surface area contributed by atoms with E-state index in [0.717, 1.165) is 12.2 Å². The Hall–Kier alpha value is -2.50. The highest BCUT2D eigenvalue weighted by atomic mass is 16.5. The molecule has 0 saturated heterocycles. The molecule has 1 atom stereocenters. The molecule has 1 unspecified atom stereocenters. The van der Waals surface area contributed by atoms with Crippen LogP contribution in [0.4, 0.5) is 0 Å². The zero-order valence-electron chi connectivity index (χ0n) is 17.4. The van der Waals surface area contributed by atoms with Crippen molar-refractivity contribution in [1.82, 2.24) is 10.1 Å². The standard InChI is InChI=1S/C23H30N2O4/c1-27-19-9-8-17-13-21(16-6-4-3-5-7-16)25(15-18(17)12-19)23(26)11-10-20-14-22(28-2)24-29-20/h8-9,12,14,16,21H,3-7,10-11,13,15H2,1-2H3. The molecule has 2 aromatic rings. The summed E-state index contributed by atoms with van der Waals surface area (Å²) in [7, 11) is 3.24. The molecule has 0 spiro atoms. The van der Waals surface area contributed by atoms with Gasteiger partial charge >= 0.3 is 0 Å². The summed E-state index contributed by atoms with van der Waals surface area (Å²) in [6, 6.07) is 8.32. The monoisotopic (exact) mass is 398 g/mol. The molecule has 29 heavy (non-hydrogen) atoms. The second-order valence-electron chi connectivity index (χ2n) is 8.16. The topological polar surface area (TPSA) is 64.8 Å². The first kappa shape index (κ1) is 19.8. The fraction of sp³-hybridized carbons (Fsp3) is 0.565. The van der Waals surface area contributed by atoms with E-state index in [1.807, 2.05) is 6.07 Å². The number of amides is 1. The van der Waals surface area contributed by atoms with Crippen LogP contribution in [0.3, 0.4) is 0 Å². The zero-order valence-corrected chi connectivity index (χ0v) is 17.4. The molecule has 1 fully saturated rings. The van der Waals surface area contributed by atoms with Gasteiger partial charge in [0.2, 0.25) is 5.91 Å². The third-order valence-corrected chi connectivity index (χ3v) is 6.43. The maximum absolute atomic E-state index is 13.3. The Kier molecular flexibility index (Phi) is 6.07. The minimum absolute atomic E-state index is 0.185. The van der Waals surface area contributed by atoms with Gasteiger partial charge in [0.05, 0.1) is 14.2 Å². The Bertz CT molecular complexity index is 841. The summed E-state index contributed by atoms with van der Waals surface area (Å²) in [6.45, 7) is 0.659. The quantitative estimate of drug-likeness (QED) is 0.731. The van der Waals surface area contributed by atoms with Crippen molar-refractivity contribution in [3.8, 4) is 11.6 Å². The predicted octanol–water partition coefficient (Wildman–Crippen LogP) is 4.16. The number of carbonyl (C=O) groups is 1. The molecule has 1 aromatic carbocycles. The maximum Gasteiger partial charge on any atom is 0.254 e. The highest BCUT2D eigenvalue weighted by molar-refractivity contribution is 5.77. The van der Waals surface area contributed by atoms with Gasteiger partial charge in [-0.15, -0.1) is 0 Å². The Labute approximate surface area is 172 Å². The SMILES string of the molecule is COc1ccc2c(c1)CN(C(=O)CCc1cc(OC)no1)C(C1CCCCC1)C2. The maximum atomic E-state index is 13.3. The summed E-state index contributed by atoms with van der Waals surface area (Å²) in [6.07, 6.45) is 8.20. The number of rotatable bonds is 6. The van der Waals surface area contributed by atoms with E-state index in [1.165, 1.54) is 43.2 Å². The van der Waals surface area contributed by atoms with Gasteiger partial charge in [0.25, 0.3) is 5.88 Å². The van der Waals surface area contributed by atoms with Crippen LogP contribution in [0.25, 0.3) is 0 Å². The van der Waals surface area contributed by atoms with Gasteiger partial charge < -0.3 is 18.9 Å². The number of carbonyl (C=O) groups excluding carboxylic acids is 1. The van der Waals surface area contributed by atoms with Crippen molar-refractivity contribution in [3.05, 3.63) is 41.2 Å². The Morgan fingerprint density at radius 2 is 1.97 bits per heavy atom. The minimum atomic E-state index is 0.185. The third-order valence-electron chi connectivity index (χ3n) is 6.43. The normalized spacial score (nSPS) is 19.7. The molecule has 156 valence electrons. The summed E-state index contributed by atoms with van der Waals surface area (Å²) in [5.41, 5.74) is 2.55. The van der Waals surface area contributed by atoms with Gasteiger partial charge in [0.1, 0.15) is 11.5 Å². The first-order chi connectivity index (χ1) is 14.2. The number of ether oxygens (including phenoxy) is 2. The molecule has 0 radical (unpaired) electrons. The number of aromatic nitrogens is 1. The molecule has 1 saturated carbocycles. The number of hydrogen-bond acceptors (Lipinski definition) is 5. The van der Waals surface area contributed by atoms with Crippen LogP contribution in [0.5, 0.6) is 11.6 Å². The molecule has 4 rings (SSSR count). The zero-order chi connectivity index (χ0) is 20.2. The van der Waals surface area contributed by atoms with Crippen molar-refractivity contribution in [3.63, 3.8) is 0 Å². The van der Waals surface area contributed by atoms with Crippen molar-refractivity contribution in [2.45, 2.75) is 64.0 Å². The highest BCUT2D eigenvalue weighted by Crippen LogP contribution is 2.36. The van der Waals surface area contributed by atoms with Crippen LogP contribution in [0.15, 0.2) is 28.8 Å². The van der Waals surface area contributed by atoms with E-state index in [1.54, 1.807) is 20.3 Å². The van der Waals surface area contributed by atoms with Crippen LogP contribution in [-0.2, 0) is 24.2 Å². The highest BCUT2D eigenvalue weighted by Gasteiger charge is 2.35. The van der Waals surface area contributed by atoms with Gasteiger partial charge in [-0.25, -0.2) is 0 Å². The number of hydrogen-bond donors (Lipinski definition) is 0. The van der Waals surface area contributed by atoms with Crippen molar-refractivity contribution >= 4 is 5.91 Å². The van der Waals surface area contributed by atoms with Gasteiger partial charge in [-0.1, -0.05) is 25.3 Å². The fourth-order valence-corrected chi connectivity index (χ4v) is 4.81. The number of fused-ring (bicyclic) bond motifs is 1.